The zero-order valence-electron chi connectivity index (χ0n) is 19.2. The number of rotatable bonds is 2. The van der Waals surface area contributed by atoms with E-state index in [1.807, 2.05) is 4.90 Å². The molecule has 5 rings (SSSR count). The standard InChI is InChI=1S/C21H22FN5O2.C2HF3O2/c1-25-12-18-23-24-19(15-2-4-17(22)5-3-15)27(18)21(14-25)7-9-26(10-8-21)20(28)16-6-11-29-13-16;3-2(4,5)1(6)7/h2-6,11,13H,7-10,12,14H2,1H3;(H,6,7). The number of benzene rings is 1. The second kappa shape index (κ2) is 9.72. The van der Waals surface area contributed by atoms with Crippen LogP contribution in [0.1, 0.15) is 29.0 Å². The van der Waals surface area contributed by atoms with Crippen molar-refractivity contribution in [2.24, 2.45) is 0 Å². The van der Waals surface area contributed by atoms with E-state index < -0.39 is 12.1 Å². The predicted molar refractivity (Wildman–Crippen MR) is 117 cm³/mol. The fraction of sp³-hybridized carbons (Fsp3) is 0.391. The molecule has 2 aliphatic heterocycles. The lowest BCUT2D eigenvalue weighted by Crippen LogP contribution is -2.56. The van der Waals surface area contributed by atoms with Gasteiger partial charge in [-0.15, -0.1) is 10.2 Å². The predicted octanol–water partition coefficient (Wildman–Crippen LogP) is 3.39. The number of carboxylic acid groups (broad SMARTS) is 1. The second-order valence-corrected chi connectivity index (χ2v) is 8.79. The molecule has 2 aromatic heterocycles. The van der Waals surface area contributed by atoms with E-state index in [2.05, 4.69) is 26.7 Å². The largest absolute Gasteiger partial charge is 0.490 e. The van der Waals surface area contributed by atoms with Crippen LogP contribution in [-0.2, 0) is 16.9 Å². The summed E-state index contributed by atoms with van der Waals surface area (Å²) >= 11 is 0. The van der Waals surface area contributed by atoms with Crippen molar-refractivity contribution in [1.82, 2.24) is 24.6 Å². The molecule has 9 nitrogen and oxygen atoms in total. The average molecular weight is 509 g/mol. The first kappa shape index (κ1) is 25.4. The molecule has 2 aliphatic rings. The van der Waals surface area contributed by atoms with Crippen molar-refractivity contribution < 1.29 is 36.7 Å². The number of furan rings is 1. The SMILES string of the molecule is CN1Cc2nnc(-c3ccc(F)cc3)n2C2(CCN(C(=O)c3ccoc3)CC2)C1.O=C(O)C(F)(F)F. The molecule has 1 spiro atoms. The fourth-order valence-electron chi connectivity index (χ4n) is 4.65. The van der Waals surface area contributed by atoms with E-state index in [-0.39, 0.29) is 17.3 Å². The molecule has 0 aliphatic carbocycles. The summed E-state index contributed by atoms with van der Waals surface area (Å²) in [4.78, 5) is 25.7. The summed E-state index contributed by atoms with van der Waals surface area (Å²) in [5.41, 5.74) is 1.24. The van der Waals surface area contributed by atoms with E-state index in [0.29, 0.717) is 25.2 Å². The molecule has 1 amide bonds. The third kappa shape index (κ3) is 5.10. The number of aliphatic carboxylic acids is 1. The number of fused-ring (bicyclic) bond motifs is 2. The Morgan fingerprint density at radius 2 is 1.72 bits per heavy atom. The molecule has 3 aromatic rings. The van der Waals surface area contributed by atoms with Crippen molar-refractivity contribution in [2.75, 3.05) is 26.7 Å². The van der Waals surface area contributed by atoms with Gasteiger partial charge in [0.15, 0.2) is 5.82 Å². The molecule has 4 heterocycles. The maximum absolute atomic E-state index is 13.4. The van der Waals surface area contributed by atoms with Crippen molar-refractivity contribution in [3.63, 3.8) is 0 Å². The van der Waals surface area contributed by atoms with Gasteiger partial charge in [-0.1, -0.05) is 0 Å². The Morgan fingerprint density at radius 1 is 1.08 bits per heavy atom. The summed E-state index contributed by atoms with van der Waals surface area (Å²) in [6.45, 7) is 2.88. The zero-order chi connectivity index (χ0) is 26.1. The van der Waals surface area contributed by atoms with Crippen LogP contribution in [0.2, 0.25) is 0 Å². The van der Waals surface area contributed by atoms with Gasteiger partial charge in [-0.25, -0.2) is 9.18 Å². The van der Waals surface area contributed by atoms with Crippen LogP contribution in [-0.4, -0.2) is 74.4 Å². The molecule has 0 radical (unpaired) electrons. The number of carboxylic acids is 1. The van der Waals surface area contributed by atoms with Crippen molar-refractivity contribution in [1.29, 1.82) is 0 Å². The number of likely N-dealkylation sites (N-methyl/N-ethyl adjacent to an activating group) is 1. The maximum atomic E-state index is 13.4. The molecule has 1 aromatic carbocycles. The first-order valence-electron chi connectivity index (χ1n) is 11.0. The van der Waals surface area contributed by atoms with Crippen molar-refractivity contribution in [3.8, 4) is 11.4 Å². The maximum Gasteiger partial charge on any atom is 0.490 e. The van der Waals surface area contributed by atoms with Crippen LogP contribution in [0.25, 0.3) is 11.4 Å². The molecule has 1 saturated heterocycles. The fourth-order valence-corrected chi connectivity index (χ4v) is 4.65. The van der Waals surface area contributed by atoms with Crippen molar-refractivity contribution in [3.05, 3.63) is 60.1 Å². The van der Waals surface area contributed by atoms with Gasteiger partial charge in [0, 0.05) is 25.2 Å². The molecule has 192 valence electrons. The monoisotopic (exact) mass is 509 g/mol. The van der Waals surface area contributed by atoms with Gasteiger partial charge >= 0.3 is 12.1 Å². The number of carbonyl (C=O) groups is 2. The lowest BCUT2D eigenvalue weighted by molar-refractivity contribution is -0.192. The highest BCUT2D eigenvalue weighted by molar-refractivity contribution is 5.93. The summed E-state index contributed by atoms with van der Waals surface area (Å²) in [6.07, 6.45) is -0.459. The number of carbonyl (C=O) groups excluding carboxylic acids is 1. The van der Waals surface area contributed by atoms with Crippen LogP contribution >= 0.6 is 0 Å². The number of amides is 1. The highest BCUT2D eigenvalue weighted by Crippen LogP contribution is 2.39. The topological polar surface area (TPSA) is 105 Å². The number of halogens is 4. The average Bonchev–Trinajstić information content (AvgIpc) is 3.50. The number of hydrogen-bond donors (Lipinski definition) is 1. The third-order valence-corrected chi connectivity index (χ3v) is 6.27. The summed E-state index contributed by atoms with van der Waals surface area (Å²) in [7, 11) is 2.08. The van der Waals surface area contributed by atoms with Crippen LogP contribution in [0.5, 0.6) is 0 Å². The van der Waals surface area contributed by atoms with Crippen molar-refractivity contribution >= 4 is 11.9 Å². The minimum absolute atomic E-state index is 0.000465. The summed E-state index contributed by atoms with van der Waals surface area (Å²) in [5.74, 6) is -1.35. The molecule has 0 unspecified atom stereocenters. The van der Waals surface area contributed by atoms with E-state index in [0.717, 1.165) is 36.6 Å². The Kier molecular flexibility index (Phi) is 6.85. The van der Waals surface area contributed by atoms with Gasteiger partial charge in [0.1, 0.15) is 17.9 Å². The minimum atomic E-state index is -5.08. The summed E-state index contributed by atoms with van der Waals surface area (Å²) in [5, 5.41) is 16.0. The van der Waals surface area contributed by atoms with Crippen LogP contribution in [0, 0.1) is 5.82 Å². The van der Waals surface area contributed by atoms with E-state index in [1.165, 1.54) is 24.7 Å². The first-order valence-corrected chi connectivity index (χ1v) is 11.0. The van der Waals surface area contributed by atoms with Gasteiger partial charge in [0.05, 0.1) is 23.9 Å². The highest BCUT2D eigenvalue weighted by Gasteiger charge is 2.44. The van der Waals surface area contributed by atoms with Gasteiger partial charge in [-0.3, -0.25) is 9.69 Å². The minimum Gasteiger partial charge on any atom is -0.475 e. The second-order valence-electron chi connectivity index (χ2n) is 8.79. The molecule has 0 bridgehead atoms. The van der Waals surface area contributed by atoms with Gasteiger partial charge in [-0.05, 0) is 50.2 Å². The number of likely N-dealkylation sites (tertiary alicyclic amines) is 1. The smallest absolute Gasteiger partial charge is 0.475 e. The Balaban J connectivity index is 0.000000384. The Bertz CT molecular complexity index is 1220. The Hall–Kier alpha value is -3.74. The number of nitrogens with zero attached hydrogens (tertiary/aromatic N) is 5. The number of piperidine rings is 1. The number of alkyl halides is 3. The molecule has 0 atom stereocenters. The molecule has 13 heteroatoms. The van der Waals surface area contributed by atoms with Crippen LogP contribution in [0.4, 0.5) is 17.6 Å². The van der Waals surface area contributed by atoms with Crippen LogP contribution < -0.4 is 0 Å². The quantitative estimate of drug-likeness (QED) is 0.528. The molecule has 0 saturated carbocycles. The molecular weight excluding hydrogens is 486 g/mol. The van der Waals surface area contributed by atoms with E-state index in [9.17, 15) is 22.4 Å². The van der Waals surface area contributed by atoms with Gasteiger partial charge < -0.3 is 19.0 Å². The van der Waals surface area contributed by atoms with Crippen molar-refractivity contribution in [2.45, 2.75) is 31.1 Å². The molecule has 1 N–H and O–H groups in total. The van der Waals surface area contributed by atoms with E-state index in [1.54, 1.807) is 18.2 Å². The van der Waals surface area contributed by atoms with E-state index in [4.69, 9.17) is 14.3 Å². The van der Waals surface area contributed by atoms with Crippen LogP contribution in [0.15, 0.2) is 47.3 Å². The van der Waals surface area contributed by atoms with E-state index >= 15 is 0 Å². The lowest BCUT2D eigenvalue weighted by atomic mass is 9.84. The van der Waals surface area contributed by atoms with Crippen LogP contribution in [0.3, 0.4) is 0 Å². The Labute approximate surface area is 202 Å². The van der Waals surface area contributed by atoms with Gasteiger partial charge in [0.25, 0.3) is 5.91 Å². The summed E-state index contributed by atoms with van der Waals surface area (Å²) < 4.78 is 52.4. The molecular formula is C23H23F4N5O4. The zero-order valence-corrected chi connectivity index (χ0v) is 19.2. The highest BCUT2D eigenvalue weighted by atomic mass is 19.4. The third-order valence-electron chi connectivity index (χ3n) is 6.27. The number of aromatic nitrogens is 3. The molecule has 36 heavy (non-hydrogen) atoms. The lowest BCUT2D eigenvalue weighted by Gasteiger charge is -2.48. The summed E-state index contributed by atoms with van der Waals surface area (Å²) in [6, 6.07) is 8.09. The van der Waals surface area contributed by atoms with Gasteiger partial charge in [-0.2, -0.15) is 13.2 Å². The Morgan fingerprint density at radius 3 is 2.28 bits per heavy atom. The first-order chi connectivity index (χ1) is 17.0. The normalized spacial score (nSPS) is 17.3. The van der Waals surface area contributed by atoms with Gasteiger partial charge in [0.2, 0.25) is 0 Å². The molecule has 1 fully saturated rings. The number of hydrogen-bond acceptors (Lipinski definition) is 6.